The van der Waals surface area contributed by atoms with E-state index < -0.39 is 23.2 Å². The van der Waals surface area contributed by atoms with Crippen LogP contribution in [0.3, 0.4) is 0 Å². The highest BCUT2D eigenvalue weighted by molar-refractivity contribution is 5.96. The van der Waals surface area contributed by atoms with Gasteiger partial charge in [0.25, 0.3) is 5.91 Å². The van der Waals surface area contributed by atoms with E-state index in [1.165, 1.54) is 25.1 Å². The Labute approximate surface area is 131 Å². The maximum atomic E-state index is 13.0. The summed E-state index contributed by atoms with van der Waals surface area (Å²) < 4.78 is 18.0. The van der Waals surface area contributed by atoms with Gasteiger partial charge in [-0.3, -0.25) is 4.79 Å². The highest BCUT2D eigenvalue weighted by Crippen LogP contribution is 2.39. The number of aromatic nitrogens is 1. The molecule has 1 fully saturated rings. The van der Waals surface area contributed by atoms with Gasteiger partial charge in [0.05, 0.1) is 5.69 Å². The maximum Gasteiger partial charge on any atom is 0.333 e. The van der Waals surface area contributed by atoms with E-state index >= 15 is 0 Å². The van der Waals surface area contributed by atoms with E-state index in [9.17, 15) is 19.1 Å². The van der Waals surface area contributed by atoms with Gasteiger partial charge in [-0.15, -0.1) is 0 Å². The Balaban J connectivity index is 1.84. The number of carboxylic acid groups (broad SMARTS) is 1. The van der Waals surface area contributed by atoms with Crippen LogP contribution in [0.4, 0.5) is 4.39 Å². The number of nitrogens with one attached hydrogen (secondary N) is 1. The summed E-state index contributed by atoms with van der Waals surface area (Å²) in [4.78, 5) is 23.9. The van der Waals surface area contributed by atoms with Crippen molar-refractivity contribution in [2.24, 2.45) is 0 Å². The van der Waals surface area contributed by atoms with Gasteiger partial charge in [0, 0.05) is 12.0 Å². The van der Waals surface area contributed by atoms with Crippen LogP contribution in [0, 0.1) is 5.82 Å². The van der Waals surface area contributed by atoms with Crippen LogP contribution in [0.5, 0.6) is 0 Å². The molecule has 1 aliphatic carbocycles. The third-order valence-corrected chi connectivity index (χ3v) is 3.96. The number of hydrogen-bond acceptors (Lipinski definition) is 4. The van der Waals surface area contributed by atoms with Crippen molar-refractivity contribution in [2.45, 2.75) is 31.2 Å². The number of amides is 1. The van der Waals surface area contributed by atoms with Crippen molar-refractivity contribution in [1.29, 1.82) is 0 Å². The molecule has 3 rings (SSSR count). The zero-order chi connectivity index (χ0) is 16.6. The third-order valence-electron chi connectivity index (χ3n) is 3.96. The molecule has 7 heteroatoms. The lowest BCUT2D eigenvalue weighted by Crippen LogP contribution is -2.49. The summed E-state index contributed by atoms with van der Waals surface area (Å²) in [5.41, 5.74) is -0.757. The molecule has 0 spiro atoms. The van der Waals surface area contributed by atoms with Gasteiger partial charge in [-0.2, -0.15) is 0 Å². The molecule has 0 saturated heterocycles. The van der Waals surface area contributed by atoms with Crippen LogP contribution in [-0.4, -0.2) is 22.1 Å². The first-order valence-electron chi connectivity index (χ1n) is 7.19. The van der Waals surface area contributed by atoms with Crippen LogP contribution < -0.4 is 5.32 Å². The molecule has 1 aromatic heterocycles. The second kappa shape index (κ2) is 5.49. The molecule has 120 valence electrons. The molecule has 6 nitrogen and oxygen atoms in total. The normalized spacial score (nSPS) is 16.6. The van der Waals surface area contributed by atoms with E-state index in [2.05, 4.69) is 10.5 Å². The summed E-state index contributed by atoms with van der Waals surface area (Å²) in [5.74, 6) is -2.15. The van der Waals surface area contributed by atoms with Crippen LogP contribution in [0.2, 0.25) is 0 Å². The lowest BCUT2D eigenvalue weighted by Gasteiger charge is -2.26. The Hall–Kier alpha value is -2.70. The second-order valence-corrected chi connectivity index (χ2v) is 5.78. The Morgan fingerprint density at radius 1 is 1.35 bits per heavy atom. The van der Waals surface area contributed by atoms with Crippen LogP contribution in [0.25, 0.3) is 0 Å². The minimum atomic E-state index is -1.71. The first-order valence-corrected chi connectivity index (χ1v) is 7.19. The standard InChI is InChI=1S/C16H15FN2O4/c1-16(15(21)22,10-4-6-11(17)7-5-10)18-14(20)13-8-12(19-23-13)9-2-3-9/h4-9H,2-3H2,1H3,(H,18,20)(H,21,22). The molecule has 1 heterocycles. The van der Waals surface area contributed by atoms with Crippen LogP contribution >= 0.6 is 0 Å². The summed E-state index contributed by atoms with van der Waals surface area (Å²) in [7, 11) is 0. The van der Waals surface area contributed by atoms with E-state index in [-0.39, 0.29) is 11.3 Å². The fourth-order valence-corrected chi connectivity index (χ4v) is 2.29. The quantitative estimate of drug-likeness (QED) is 0.883. The number of rotatable bonds is 5. The summed E-state index contributed by atoms with van der Waals surface area (Å²) in [6.07, 6.45) is 2.02. The van der Waals surface area contributed by atoms with Crippen LogP contribution in [0.1, 0.15) is 47.5 Å². The zero-order valence-electron chi connectivity index (χ0n) is 12.4. The molecular formula is C16H15FN2O4. The first-order chi connectivity index (χ1) is 10.9. The average molecular weight is 318 g/mol. The monoisotopic (exact) mass is 318 g/mol. The van der Waals surface area contributed by atoms with E-state index in [1.807, 2.05) is 0 Å². The summed E-state index contributed by atoms with van der Waals surface area (Å²) in [6.45, 7) is 1.33. The lowest BCUT2D eigenvalue weighted by atomic mass is 9.92. The molecule has 0 aliphatic heterocycles. The minimum absolute atomic E-state index is 0.0403. The number of nitrogens with zero attached hydrogens (tertiary/aromatic N) is 1. The largest absolute Gasteiger partial charge is 0.479 e. The smallest absolute Gasteiger partial charge is 0.333 e. The Morgan fingerprint density at radius 3 is 2.57 bits per heavy atom. The molecular weight excluding hydrogens is 303 g/mol. The third kappa shape index (κ3) is 2.94. The number of carbonyl (C=O) groups excluding carboxylic acids is 1. The fraction of sp³-hybridized carbons (Fsp3) is 0.312. The molecule has 1 aliphatic rings. The minimum Gasteiger partial charge on any atom is -0.479 e. The summed E-state index contributed by atoms with van der Waals surface area (Å²) in [5, 5.41) is 15.7. The molecule has 1 unspecified atom stereocenters. The van der Waals surface area contributed by atoms with Crippen molar-refractivity contribution in [1.82, 2.24) is 10.5 Å². The van der Waals surface area contributed by atoms with Crippen LogP contribution in [0.15, 0.2) is 34.9 Å². The van der Waals surface area contributed by atoms with Crippen LogP contribution in [-0.2, 0) is 10.3 Å². The highest BCUT2D eigenvalue weighted by Gasteiger charge is 2.38. The fourth-order valence-electron chi connectivity index (χ4n) is 2.29. The van der Waals surface area contributed by atoms with Crippen molar-refractivity contribution in [3.63, 3.8) is 0 Å². The average Bonchev–Trinajstić information content (AvgIpc) is 3.24. The molecule has 1 saturated carbocycles. The van der Waals surface area contributed by atoms with E-state index in [0.29, 0.717) is 11.6 Å². The molecule has 1 amide bonds. The predicted octanol–water partition coefficient (Wildman–Crippen LogP) is 2.42. The van der Waals surface area contributed by atoms with E-state index in [4.69, 9.17) is 4.52 Å². The van der Waals surface area contributed by atoms with Gasteiger partial charge < -0.3 is 14.9 Å². The predicted molar refractivity (Wildman–Crippen MR) is 77.3 cm³/mol. The molecule has 0 radical (unpaired) electrons. The topological polar surface area (TPSA) is 92.4 Å². The van der Waals surface area contributed by atoms with Gasteiger partial charge in [0.1, 0.15) is 5.82 Å². The van der Waals surface area contributed by atoms with E-state index in [0.717, 1.165) is 25.0 Å². The van der Waals surface area contributed by atoms with Gasteiger partial charge >= 0.3 is 5.97 Å². The van der Waals surface area contributed by atoms with Gasteiger partial charge in [-0.25, -0.2) is 9.18 Å². The van der Waals surface area contributed by atoms with Gasteiger partial charge in [0.2, 0.25) is 5.76 Å². The number of halogens is 1. The molecule has 0 bridgehead atoms. The SMILES string of the molecule is CC(NC(=O)c1cc(C2CC2)no1)(C(=O)O)c1ccc(F)cc1. The lowest BCUT2D eigenvalue weighted by molar-refractivity contribution is -0.144. The number of hydrogen-bond donors (Lipinski definition) is 2. The van der Waals surface area contributed by atoms with Gasteiger partial charge in [-0.05, 0) is 37.5 Å². The van der Waals surface area contributed by atoms with Gasteiger partial charge in [-0.1, -0.05) is 17.3 Å². The second-order valence-electron chi connectivity index (χ2n) is 5.78. The Kier molecular flexibility index (Phi) is 3.63. The van der Waals surface area contributed by atoms with Crippen molar-refractivity contribution < 1.29 is 23.6 Å². The molecule has 2 aromatic rings. The molecule has 1 atom stereocenters. The van der Waals surface area contributed by atoms with Crippen molar-refractivity contribution in [3.8, 4) is 0 Å². The Bertz CT molecular complexity index is 752. The summed E-state index contributed by atoms with van der Waals surface area (Å²) >= 11 is 0. The molecule has 23 heavy (non-hydrogen) atoms. The highest BCUT2D eigenvalue weighted by atomic mass is 19.1. The molecule has 1 aromatic carbocycles. The van der Waals surface area contributed by atoms with Crippen molar-refractivity contribution in [2.75, 3.05) is 0 Å². The number of carbonyl (C=O) groups is 2. The maximum absolute atomic E-state index is 13.0. The van der Waals surface area contributed by atoms with Crippen molar-refractivity contribution >= 4 is 11.9 Å². The summed E-state index contributed by atoms with van der Waals surface area (Å²) in [6, 6.07) is 6.45. The first kappa shape index (κ1) is 15.2. The van der Waals surface area contributed by atoms with E-state index in [1.54, 1.807) is 0 Å². The number of aliphatic carboxylic acids is 1. The van der Waals surface area contributed by atoms with Gasteiger partial charge in [0.15, 0.2) is 5.54 Å². The zero-order valence-corrected chi connectivity index (χ0v) is 12.4. The number of benzene rings is 1. The molecule has 2 N–H and O–H groups in total. The Morgan fingerprint density at radius 2 is 2.00 bits per heavy atom. The van der Waals surface area contributed by atoms with Crippen molar-refractivity contribution in [3.05, 3.63) is 53.2 Å². The number of carboxylic acids is 1.